The number of nitrogens with zero attached hydrogens (tertiary/aromatic N) is 1. The summed E-state index contributed by atoms with van der Waals surface area (Å²) >= 11 is 5.92. The third-order valence-electron chi connectivity index (χ3n) is 4.06. The highest BCUT2D eigenvalue weighted by Crippen LogP contribution is 2.16. The van der Waals surface area contributed by atoms with Crippen LogP contribution < -0.4 is 0 Å². The minimum absolute atomic E-state index is 0.228. The van der Waals surface area contributed by atoms with Gasteiger partial charge >= 0.3 is 0 Å². The van der Waals surface area contributed by atoms with Crippen molar-refractivity contribution in [2.75, 3.05) is 0 Å². The predicted molar refractivity (Wildman–Crippen MR) is 94.6 cm³/mol. The fourth-order valence-corrected chi connectivity index (χ4v) is 2.69. The minimum atomic E-state index is -0.228. The molecule has 0 aliphatic rings. The van der Waals surface area contributed by atoms with E-state index in [1.54, 1.807) is 12.1 Å². The van der Waals surface area contributed by atoms with Crippen LogP contribution in [0.3, 0.4) is 0 Å². The van der Waals surface area contributed by atoms with Crippen LogP contribution in [0.2, 0.25) is 5.02 Å². The van der Waals surface area contributed by atoms with E-state index >= 15 is 0 Å². The molecule has 0 bridgehead atoms. The molecule has 0 saturated carbocycles. The molecule has 0 radical (unpaired) electrons. The molecule has 124 valence electrons. The maximum atomic E-state index is 12.9. The van der Waals surface area contributed by atoms with Crippen molar-refractivity contribution in [3.05, 3.63) is 94.0 Å². The lowest BCUT2D eigenvalue weighted by molar-refractivity contribution is 0.106. The van der Waals surface area contributed by atoms with E-state index in [0.29, 0.717) is 13.2 Å². The van der Waals surface area contributed by atoms with Gasteiger partial charge in [0.25, 0.3) is 0 Å². The Morgan fingerprint density at radius 3 is 2.29 bits per heavy atom. The maximum absolute atomic E-state index is 12.9. The molecule has 24 heavy (non-hydrogen) atoms. The lowest BCUT2D eigenvalue weighted by Gasteiger charge is -2.09. The summed E-state index contributed by atoms with van der Waals surface area (Å²) in [7, 11) is 0. The van der Waals surface area contributed by atoms with Crippen LogP contribution in [0.25, 0.3) is 0 Å². The summed E-state index contributed by atoms with van der Waals surface area (Å²) in [4.78, 5) is 0. The van der Waals surface area contributed by atoms with E-state index in [0.717, 1.165) is 22.7 Å². The molecule has 0 fully saturated rings. The summed E-state index contributed by atoms with van der Waals surface area (Å²) in [5.41, 5.74) is 4.52. The first-order valence-electron chi connectivity index (χ1n) is 7.83. The zero-order chi connectivity index (χ0) is 16.9. The Hall–Kier alpha value is -2.10. The molecular weight excluding hydrogens is 325 g/mol. The molecular formula is C20H19ClFNO. The van der Waals surface area contributed by atoms with Crippen molar-refractivity contribution < 1.29 is 9.13 Å². The van der Waals surface area contributed by atoms with Gasteiger partial charge in [-0.15, -0.1) is 0 Å². The van der Waals surface area contributed by atoms with Crippen LogP contribution in [0.15, 0.2) is 60.8 Å². The predicted octanol–water partition coefficient (Wildman–Crippen LogP) is 5.35. The minimum Gasteiger partial charge on any atom is -0.372 e. The van der Waals surface area contributed by atoms with Crippen LogP contribution in [0.5, 0.6) is 0 Å². The van der Waals surface area contributed by atoms with Crippen LogP contribution in [-0.2, 0) is 24.5 Å². The topological polar surface area (TPSA) is 14.2 Å². The third kappa shape index (κ3) is 4.25. The van der Waals surface area contributed by atoms with Gasteiger partial charge in [0.15, 0.2) is 0 Å². The molecule has 0 atom stereocenters. The van der Waals surface area contributed by atoms with E-state index in [1.807, 2.05) is 24.3 Å². The molecule has 3 aromatic rings. The van der Waals surface area contributed by atoms with E-state index in [1.165, 1.54) is 23.4 Å². The lowest BCUT2D eigenvalue weighted by Crippen LogP contribution is -2.02. The monoisotopic (exact) mass is 343 g/mol. The first kappa shape index (κ1) is 16.7. The van der Waals surface area contributed by atoms with Gasteiger partial charge in [0, 0.05) is 23.5 Å². The molecule has 2 nitrogen and oxygen atoms in total. The molecule has 1 heterocycles. The normalized spacial score (nSPS) is 11.0. The number of benzene rings is 2. The third-order valence-corrected chi connectivity index (χ3v) is 4.31. The Bertz CT molecular complexity index is 794. The number of hydrogen-bond acceptors (Lipinski definition) is 1. The summed E-state index contributed by atoms with van der Waals surface area (Å²) in [6, 6.07) is 16.3. The van der Waals surface area contributed by atoms with E-state index in [2.05, 4.69) is 23.8 Å². The van der Waals surface area contributed by atoms with Crippen molar-refractivity contribution in [2.45, 2.75) is 26.7 Å². The molecule has 3 rings (SSSR count). The van der Waals surface area contributed by atoms with Gasteiger partial charge in [0.05, 0.1) is 13.2 Å². The van der Waals surface area contributed by atoms with Crippen molar-refractivity contribution in [1.82, 2.24) is 4.57 Å². The number of rotatable bonds is 6. The van der Waals surface area contributed by atoms with Gasteiger partial charge < -0.3 is 9.30 Å². The number of halogens is 2. The first-order valence-corrected chi connectivity index (χ1v) is 8.21. The summed E-state index contributed by atoms with van der Waals surface area (Å²) < 4.78 is 20.8. The van der Waals surface area contributed by atoms with Gasteiger partial charge in [-0.2, -0.15) is 0 Å². The van der Waals surface area contributed by atoms with Crippen molar-refractivity contribution in [3.63, 3.8) is 0 Å². The Labute approximate surface area is 146 Å². The molecule has 4 heteroatoms. The Balaban J connectivity index is 1.58. The van der Waals surface area contributed by atoms with Gasteiger partial charge in [0.2, 0.25) is 0 Å². The average Bonchev–Trinajstić information content (AvgIpc) is 2.92. The van der Waals surface area contributed by atoms with E-state index < -0.39 is 0 Å². The Morgan fingerprint density at radius 1 is 0.917 bits per heavy atom. The number of ether oxygens (including phenoxy) is 1. The Kier molecular flexibility index (Phi) is 5.34. The molecule has 0 saturated heterocycles. The van der Waals surface area contributed by atoms with E-state index in [-0.39, 0.29) is 5.82 Å². The quantitative estimate of drug-likeness (QED) is 0.588. The fraction of sp³-hybridized carbons (Fsp3) is 0.200. The first-order chi connectivity index (χ1) is 11.6. The molecule has 0 spiro atoms. The highest BCUT2D eigenvalue weighted by Gasteiger charge is 2.06. The lowest BCUT2D eigenvalue weighted by atomic mass is 10.2. The van der Waals surface area contributed by atoms with Crippen LogP contribution in [0.4, 0.5) is 4.39 Å². The highest BCUT2D eigenvalue weighted by atomic mass is 35.5. The zero-order valence-electron chi connectivity index (χ0n) is 13.5. The molecule has 0 aliphatic carbocycles. The van der Waals surface area contributed by atoms with Gasteiger partial charge in [-0.25, -0.2) is 4.39 Å². The van der Waals surface area contributed by atoms with E-state index in [9.17, 15) is 4.39 Å². The smallest absolute Gasteiger partial charge is 0.123 e. The molecule has 0 unspecified atom stereocenters. The fourth-order valence-electron chi connectivity index (χ4n) is 2.57. The standard InChI is InChI=1S/C20H19ClFNO/c1-15-18(14-24-13-17-4-8-20(22)9-5-17)10-11-23(15)12-16-2-6-19(21)7-3-16/h2-11H,12-14H2,1H3. The van der Waals surface area contributed by atoms with Crippen LogP contribution in [0.1, 0.15) is 22.4 Å². The van der Waals surface area contributed by atoms with Gasteiger partial charge in [0.1, 0.15) is 5.82 Å². The number of aromatic nitrogens is 1. The van der Waals surface area contributed by atoms with Gasteiger partial charge in [-0.3, -0.25) is 0 Å². The summed E-state index contributed by atoms with van der Waals surface area (Å²) in [5.74, 6) is -0.228. The molecule has 1 aromatic heterocycles. The SMILES string of the molecule is Cc1c(COCc2ccc(F)cc2)ccn1Cc1ccc(Cl)cc1. The van der Waals surface area contributed by atoms with Crippen molar-refractivity contribution in [2.24, 2.45) is 0 Å². The molecule has 0 aliphatic heterocycles. The highest BCUT2D eigenvalue weighted by molar-refractivity contribution is 6.30. The van der Waals surface area contributed by atoms with Gasteiger partial charge in [-0.05, 0) is 53.9 Å². The largest absolute Gasteiger partial charge is 0.372 e. The van der Waals surface area contributed by atoms with Crippen LogP contribution in [-0.4, -0.2) is 4.57 Å². The van der Waals surface area contributed by atoms with Crippen LogP contribution in [0, 0.1) is 12.7 Å². The Morgan fingerprint density at radius 2 is 1.58 bits per heavy atom. The summed E-state index contributed by atoms with van der Waals surface area (Å²) in [6.45, 7) is 3.91. The maximum Gasteiger partial charge on any atom is 0.123 e. The average molecular weight is 344 g/mol. The van der Waals surface area contributed by atoms with Crippen LogP contribution >= 0.6 is 11.6 Å². The summed E-state index contributed by atoms with van der Waals surface area (Å²) in [5, 5.41) is 0.748. The van der Waals surface area contributed by atoms with Crippen molar-refractivity contribution in [1.29, 1.82) is 0 Å². The molecule has 2 aromatic carbocycles. The second-order valence-corrected chi connectivity index (χ2v) is 6.24. The van der Waals surface area contributed by atoms with Crippen molar-refractivity contribution >= 4 is 11.6 Å². The summed E-state index contributed by atoms with van der Waals surface area (Å²) in [6.07, 6.45) is 2.07. The van der Waals surface area contributed by atoms with Gasteiger partial charge in [-0.1, -0.05) is 35.9 Å². The number of hydrogen-bond donors (Lipinski definition) is 0. The zero-order valence-corrected chi connectivity index (χ0v) is 14.3. The second-order valence-electron chi connectivity index (χ2n) is 5.80. The molecule has 0 N–H and O–H groups in total. The van der Waals surface area contributed by atoms with Crippen molar-refractivity contribution in [3.8, 4) is 0 Å². The van der Waals surface area contributed by atoms with E-state index in [4.69, 9.17) is 16.3 Å². The second kappa shape index (κ2) is 7.65. The molecule has 0 amide bonds.